The molecule has 1 atom stereocenters. The van der Waals surface area contributed by atoms with Gasteiger partial charge in [0.25, 0.3) is 11.8 Å². The molecular weight excluding hydrogens is 907 g/mol. The Balaban J connectivity index is 0.000000235. The molecule has 2 fully saturated rings. The number of rotatable bonds is 11. The van der Waals surface area contributed by atoms with Gasteiger partial charge >= 0.3 is 0 Å². The van der Waals surface area contributed by atoms with Crippen molar-refractivity contribution in [2.75, 3.05) is 53.0 Å². The number of hydrogen-bond acceptors (Lipinski definition) is 18. The normalized spacial score (nSPS) is 15.5. The van der Waals surface area contributed by atoms with Crippen molar-refractivity contribution in [2.45, 2.75) is 65.0 Å². The summed E-state index contributed by atoms with van der Waals surface area (Å²) in [5.41, 5.74) is 9.32. The van der Waals surface area contributed by atoms with Gasteiger partial charge in [-0.25, -0.2) is 9.97 Å². The van der Waals surface area contributed by atoms with Crippen molar-refractivity contribution in [3.8, 4) is 80.7 Å². The van der Waals surface area contributed by atoms with E-state index < -0.39 is 10.8 Å². The van der Waals surface area contributed by atoms with Crippen LogP contribution < -0.4 is 5.32 Å². The molecular formula is C54H61N15O3. The van der Waals surface area contributed by atoms with Gasteiger partial charge < -0.3 is 23.8 Å². The van der Waals surface area contributed by atoms with Crippen molar-refractivity contribution in [3.63, 3.8) is 0 Å². The lowest BCUT2D eigenvalue weighted by atomic mass is 9.90. The minimum absolute atomic E-state index is 0. The number of benzene rings is 2. The van der Waals surface area contributed by atoms with Crippen molar-refractivity contribution in [3.05, 3.63) is 131 Å². The summed E-state index contributed by atoms with van der Waals surface area (Å²) in [6.45, 7) is 18.6. The Kier molecular flexibility index (Phi) is 14.4. The number of piperazine rings is 1. The highest BCUT2D eigenvalue weighted by atomic mass is 16.5. The van der Waals surface area contributed by atoms with E-state index in [1.54, 1.807) is 24.8 Å². The summed E-state index contributed by atoms with van der Waals surface area (Å²) in [5, 5.41) is 39.4. The third kappa shape index (κ3) is 11.1. The second-order valence-electron chi connectivity index (χ2n) is 19.0. The summed E-state index contributed by atoms with van der Waals surface area (Å²) in [6, 6.07) is 28.5. The molecule has 6 aromatic heterocycles. The van der Waals surface area contributed by atoms with Gasteiger partial charge in [-0.1, -0.05) is 24.3 Å². The lowest BCUT2D eigenvalue weighted by Gasteiger charge is -2.32. The Labute approximate surface area is 422 Å². The van der Waals surface area contributed by atoms with Crippen LogP contribution in [0, 0.1) is 36.5 Å². The Bertz CT molecular complexity index is 3270. The van der Waals surface area contributed by atoms with Gasteiger partial charge in [0.05, 0.1) is 88.8 Å². The fourth-order valence-corrected chi connectivity index (χ4v) is 8.09. The van der Waals surface area contributed by atoms with Crippen molar-refractivity contribution < 1.29 is 17.9 Å². The maximum absolute atomic E-state index is 9.48. The first kappa shape index (κ1) is 49.0. The number of aromatic nitrogens is 10. The molecule has 2 aromatic carbocycles. The number of pyridine rings is 2. The van der Waals surface area contributed by atoms with Crippen LogP contribution in [0.1, 0.15) is 71.9 Å². The standard InChI is InChI=1S/C28H30N8O.C26H25N7O2.3H2/c1-19-25(32-23(16-31-19)22-9-10-30-24(15-22)28(2,3)18-29)27-34-33-26(37-27)21-7-5-20(6-8-21)17-36-13-11-35(4)12-14-36;1-16-23(31-20(13-30-16)19-8-9-29-22(12-19)26(2,3)15-27)25-33-32-24(35-25)18-6-4-17(5-7-18)21-14-34-11-10-28-21;;;/h5-10,15-16H,11-14,17H2,1-4H3;4-9,12-13,21,28H,10-11,14H2,1-3H3;3*1H. The summed E-state index contributed by atoms with van der Waals surface area (Å²) in [4.78, 5) is 32.1. The van der Waals surface area contributed by atoms with E-state index in [9.17, 15) is 10.5 Å². The third-order valence-corrected chi connectivity index (χ3v) is 12.8. The van der Waals surface area contributed by atoms with Gasteiger partial charge in [0.1, 0.15) is 11.4 Å². The number of morpholine rings is 1. The van der Waals surface area contributed by atoms with Gasteiger partial charge in [-0.05, 0) is 108 Å². The van der Waals surface area contributed by atoms with E-state index in [1.165, 1.54) is 5.56 Å². The maximum Gasteiger partial charge on any atom is 0.268 e. The van der Waals surface area contributed by atoms with Gasteiger partial charge in [-0.2, -0.15) is 10.5 Å². The number of aryl methyl sites for hydroxylation is 2. The molecule has 18 heteroatoms. The first-order chi connectivity index (χ1) is 34.8. The minimum Gasteiger partial charge on any atom is -0.415 e. The van der Waals surface area contributed by atoms with Gasteiger partial charge in [-0.3, -0.25) is 24.8 Å². The zero-order valence-corrected chi connectivity index (χ0v) is 41.5. The number of likely N-dealkylation sites (N-methyl/N-ethyl adjacent to an activating group) is 1. The smallest absolute Gasteiger partial charge is 0.268 e. The highest BCUT2D eigenvalue weighted by molar-refractivity contribution is 5.65. The van der Waals surface area contributed by atoms with E-state index in [1.807, 2.05) is 102 Å². The monoisotopic (exact) mass is 968 g/mol. The molecule has 1 unspecified atom stereocenters. The SMILES string of the molecule is Cc1ncc(-c2ccnc(C(C)(C)C#N)c2)nc1-c1nnc(-c2ccc(C3COCCN3)cc2)o1.Cc1ncc(-c2ccnc(C(C)(C)C#N)c2)nc1-c1nnc(-c2ccc(CN3CCN(C)CC3)cc2)o1.[HH].[HH].[HH]. The number of nitrogens with zero attached hydrogens (tertiary/aromatic N) is 14. The largest absolute Gasteiger partial charge is 0.415 e. The molecule has 10 rings (SSSR count). The van der Waals surface area contributed by atoms with Crippen LogP contribution in [0.15, 0.2) is 106 Å². The number of hydrogen-bond donors (Lipinski definition) is 1. The molecule has 72 heavy (non-hydrogen) atoms. The van der Waals surface area contributed by atoms with Crippen LogP contribution in [0.3, 0.4) is 0 Å². The molecule has 2 aliphatic heterocycles. The maximum atomic E-state index is 9.48. The van der Waals surface area contributed by atoms with Crippen LogP contribution in [0.5, 0.6) is 0 Å². The molecule has 370 valence electrons. The van der Waals surface area contributed by atoms with Crippen LogP contribution in [-0.4, -0.2) is 113 Å². The quantitative estimate of drug-likeness (QED) is 0.127. The molecule has 0 bridgehead atoms. The number of nitriles is 2. The van der Waals surface area contributed by atoms with Crippen LogP contribution in [0.2, 0.25) is 0 Å². The highest BCUT2D eigenvalue weighted by Crippen LogP contribution is 2.32. The molecule has 18 nitrogen and oxygen atoms in total. The van der Waals surface area contributed by atoms with Crippen molar-refractivity contribution in [1.29, 1.82) is 10.5 Å². The molecule has 0 saturated carbocycles. The predicted molar refractivity (Wildman–Crippen MR) is 275 cm³/mol. The fourth-order valence-electron chi connectivity index (χ4n) is 8.09. The van der Waals surface area contributed by atoms with Crippen LogP contribution in [0.4, 0.5) is 0 Å². The Hall–Kier alpha value is -8.00. The van der Waals surface area contributed by atoms with Crippen molar-refractivity contribution >= 4 is 0 Å². The number of ether oxygens (including phenoxy) is 1. The van der Waals surface area contributed by atoms with E-state index in [-0.39, 0.29) is 10.3 Å². The topological polar surface area (TPSA) is 230 Å². The minimum atomic E-state index is -0.714. The van der Waals surface area contributed by atoms with Gasteiger partial charge in [-0.15, -0.1) is 20.4 Å². The highest BCUT2D eigenvalue weighted by Gasteiger charge is 2.25. The number of nitrogens with one attached hydrogen (secondary N) is 1. The van der Waals surface area contributed by atoms with Crippen LogP contribution in [-0.2, 0) is 22.1 Å². The lowest BCUT2D eigenvalue weighted by Crippen LogP contribution is -2.43. The molecule has 0 radical (unpaired) electrons. The summed E-state index contributed by atoms with van der Waals surface area (Å²) in [5.74, 6) is 1.46. The van der Waals surface area contributed by atoms with Gasteiger partial charge in [0.15, 0.2) is 0 Å². The van der Waals surface area contributed by atoms with Crippen LogP contribution >= 0.6 is 0 Å². The molecule has 1 N–H and O–H groups in total. The second-order valence-corrected chi connectivity index (χ2v) is 19.0. The molecule has 2 aliphatic rings. The predicted octanol–water partition coefficient (Wildman–Crippen LogP) is 8.88. The second kappa shape index (κ2) is 21.2. The average Bonchev–Trinajstić information content (AvgIpc) is 4.12. The van der Waals surface area contributed by atoms with Crippen molar-refractivity contribution in [1.82, 2.24) is 65.4 Å². The van der Waals surface area contributed by atoms with E-state index in [0.29, 0.717) is 75.7 Å². The third-order valence-electron chi connectivity index (χ3n) is 12.8. The lowest BCUT2D eigenvalue weighted by molar-refractivity contribution is 0.0769. The first-order valence-electron chi connectivity index (χ1n) is 23.8. The van der Waals surface area contributed by atoms with Crippen LogP contribution in [0.25, 0.3) is 68.6 Å². The fraction of sp³-hybridized carbons (Fsp3) is 0.333. The van der Waals surface area contributed by atoms with E-state index in [4.69, 9.17) is 23.5 Å². The van der Waals surface area contributed by atoms with E-state index in [2.05, 4.69) is 86.8 Å². The van der Waals surface area contributed by atoms with E-state index >= 15 is 0 Å². The Morgan fingerprint density at radius 1 is 0.639 bits per heavy atom. The first-order valence-corrected chi connectivity index (χ1v) is 23.8. The summed E-state index contributed by atoms with van der Waals surface area (Å²) < 4.78 is 17.6. The molecule has 0 aliphatic carbocycles. The summed E-state index contributed by atoms with van der Waals surface area (Å²) in [6.07, 6.45) is 6.75. The summed E-state index contributed by atoms with van der Waals surface area (Å²) in [7, 11) is 2.17. The average molecular weight is 968 g/mol. The molecule has 2 saturated heterocycles. The van der Waals surface area contributed by atoms with Crippen molar-refractivity contribution in [2.24, 2.45) is 0 Å². The zero-order chi connectivity index (χ0) is 50.4. The van der Waals surface area contributed by atoms with Gasteiger partial charge in [0, 0.05) is 78.2 Å². The molecule has 0 amide bonds. The van der Waals surface area contributed by atoms with E-state index in [0.717, 1.165) is 73.7 Å². The summed E-state index contributed by atoms with van der Waals surface area (Å²) >= 11 is 0. The Morgan fingerprint density at radius 2 is 1.12 bits per heavy atom. The molecule has 8 aromatic rings. The molecule has 0 spiro atoms. The Morgan fingerprint density at radius 3 is 1.60 bits per heavy atom. The zero-order valence-electron chi connectivity index (χ0n) is 41.5. The molecule has 8 heterocycles. The van der Waals surface area contributed by atoms with Gasteiger partial charge in [0.2, 0.25) is 11.8 Å².